The van der Waals surface area contributed by atoms with Crippen LogP contribution < -0.4 is 9.64 Å². The zero-order valence-corrected chi connectivity index (χ0v) is 17.2. The molecule has 1 aromatic carbocycles. The van der Waals surface area contributed by atoms with Crippen molar-refractivity contribution >= 4 is 16.6 Å². The van der Waals surface area contributed by atoms with Crippen LogP contribution in [0, 0.1) is 6.92 Å². The molecule has 8 heteroatoms. The fourth-order valence-electron chi connectivity index (χ4n) is 4.00. The Bertz CT molecular complexity index is 998. The Balaban J connectivity index is 1.27. The number of rotatable bonds is 5. The average Bonchev–Trinajstić information content (AvgIpc) is 3.29. The Morgan fingerprint density at radius 1 is 1.07 bits per heavy atom. The Labute approximate surface area is 175 Å². The van der Waals surface area contributed by atoms with Gasteiger partial charge in [-0.3, -0.25) is 4.90 Å². The molecule has 8 nitrogen and oxygen atoms in total. The highest BCUT2D eigenvalue weighted by molar-refractivity contribution is 5.86. The van der Waals surface area contributed by atoms with Gasteiger partial charge in [-0.05, 0) is 25.1 Å². The van der Waals surface area contributed by atoms with Gasteiger partial charge in [-0.15, -0.1) is 0 Å². The number of fused-ring (bicyclic) bond motifs is 1. The van der Waals surface area contributed by atoms with E-state index in [0.717, 1.165) is 68.0 Å². The van der Waals surface area contributed by atoms with E-state index < -0.39 is 0 Å². The molecule has 0 spiro atoms. The van der Waals surface area contributed by atoms with Crippen molar-refractivity contribution in [1.82, 2.24) is 24.8 Å². The first-order chi connectivity index (χ1) is 14.7. The van der Waals surface area contributed by atoms with Crippen LogP contribution in [0.3, 0.4) is 0 Å². The van der Waals surface area contributed by atoms with E-state index in [4.69, 9.17) is 9.47 Å². The van der Waals surface area contributed by atoms with Gasteiger partial charge in [0.2, 0.25) is 5.88 Å². The minimum absolute atomic E-state index is 0.0704. The van der Waals surface area contributed by atoms with Gasteiger partial charge in [0.1, 0.15) is 18.3 Å². The fourth-order valence-corrected chi connectivity index (χ4v) is 4.00. The Hall–Kier alpha value is -2.84. The van der Waals surface area contributed by atoms with Crippen LogP contribution in [0.15, 0.2) is 36.9 Å². The summed E-state index contributed by atoms with van der Waals surface area (Å²) in [6.07, 6.45) is 6.39. The highest BCUT2D eigenvalue weighted by Gasteiger charge is 2.21. The van der Waals surface area contributed by atoms with E-state index in [9.17, 15) is 0 Å². The van der Waals surface area contributed by atoms with Crippen molar-refractivity contribution in [1.29, 1.82) is 0 Å². The van der Waals surface area contributed by atoms with Crippen LogP contribution in [-0.2, 0) is 11.3 Å². The summed E-state index contributed by atoms with van der Waals surface area (Å²) in [5.74, 6) is 1.46. The van der Waals surface area contributed by atoms with Crippen molar-refractivity contribution in [3.05, 3.63) is 48.3 Å². The lowest BCUT2D eigenvalue weighted by Crippen LogP contribution is -2.46. The van der Waals surface area contributed by atoms with E-state index in [0.29, 0.717) is 12.5 Å². The lowest BCUT2D eigenvalue weighted by molar-refractivity contribution is 0.139. The molecule has 0 saturated carbocycles. The highest BCUT2D eigenvalue weighted by atomic mass is 16.5. The molecule has 156 valence electrons. The van der Waals surface area contributed by atoms with Crippen LogP contribution in [0.5, 0.6) is 5.88 Å². The van der Waals surface area contributed by atoms with Crippen LogP contribution >= 0.6 is 0 Å². The van der Waals surface area contributed by atoms with Gasteiger partial charge in [0.25, 0.3) is 0 Å². The molecule has 0 N–H and O–H groups in total. The van der Waals surface area contributed by atoms with Crippen molar-refractivity contribution in [2.24, 2.45) is 0 Å². The van der Waals surface area contributed by atoms with E-state index >= 15 is 0 Å². The largest absolute Gasteiger partial charge is 0.471 e. The normalized spacial score (nSPS) is 20.0. The van der Waals surface area contributed by atoms with E-state index in [1.807, 2.05) is 19.3 Å². The molecule has 2 saturated heterocycles. The SMILES string of the molecule is Cc1ncc(CN2CCN(c3ccc4ncnc(OC5CCOC5)c4c3)CC2)cn1. The maximum atomic E-state index is 6.11. The Kier molecular flexibility index (Phi) is 5.42. The lowest BCUT2D eigenvalue weighted by atomic mass is 10.1. The molecule has 2 aliphatic rings. The number of benzene rings is 1. The van der Waals surface area contributed by atoms with Gasteiger partial charge in [-0.2, -0.15) is 0 Å². The van der Waals surface area contributed by atoms with Crippen molar-refractivity contribution in [2.45, 2.75) is 26.0 Å². The minimum atomic E-state index is 0.0704. The van der Waals surface area contributed by atoms with Crippen LogP contribution in [0.2, 0.25) is 0 Å². The Morgan fingerprint density at radius 3 is 2.67 bits per heavy atom. The molecule has 2 aliphatic heterocycles. The smallest absolute Gasteiger partial charge is 0.224 e. The van der Waals surface area contributed by atoms with Crippen LogP contribution in [0.4, 0.5) is 5.69 Å². The number of anilines is 1. The molecule has 0 bridgehead atoms. The second-order valence-corrected chi connectivity index (χ2v) is 7.89. The van der Waals surface area contributed by atoms with Gasteiger partial charge < -0.3 is 14.4 Å². The molecule has 2 aromatic heterocycles. The van der Waals surface area contributed by atoms with Gasteiger partial charge in [0, 0.05) is 62.8 Å². The monoisotopic (exact) mass is 406 g/mol. The predicted octanol–water partition coefficient (Wildman–Crippen LogP) is 2.22. The number of aromatic nitrogens is 4. The highest BCUT2D eigenvalue weighted by Crippen LogP contribution is 2.29. The van der Waals surface area contributed by atoms with E-state index in [1.54, 1.807) is 6.33 Å². The number of aryl methyl sites for hydroxylation is 1. The first kappa shape index (κ1) is 19.1. The van der Waals surface area contributed by atoms with Crippen LogP contribution in [0.1, 0.15) is 17.8 Å². The molecule has 1 atom stereocenters. The summed E-state index contributed by atoms with van der Waals surface area (Å²) in [6, 6.07) is 6.35. The topological polar surface area (TPSA) is 76.5 Å². The first-order valence-corrected chi connectivity index (χ1v) is 10.5. The summed E-state index contributed by atoms with van der Waals surface area (Å²) < 4.78 is 11.5. The number of piperazine rings is 1. The van der Waals surface area contributed by atoms with Crippen molar-refractivity contribution in [2.75, 3.05) is 44.3 Å². The van der Waals surface area contributed by atoms with Gasteiger partial charge in [-0.25, -0.2) is 19.9 Å². The predicted molar refractivity (Wildman–Crippen MR) is 114 cm³/mol. The van der Waals surface area contributed by atoms with Gasteiger partial charge >= 0.3 is 0 Å². The summed E-state index contributed by atoms with van der Waals surface area (Å²) in [7, 11) is 0. The van der Waals surface area contributed by atoms with Gasteiger partial charge in [-0.1, -0.05) is 0 Å². The van der Waals surface area contributed by atoms with E-state index in [-0.39, 0.29) is 6.10 Å². The summed E-state index contributed by atoms with van der Waals surface area (Å²) in [5.41, 5.74) is 3.25. The molecule has 1 unspecified atom stereocenters. The molecule has 4 heterocycles. The van der Waals surface area contributed by atoms with Crippen molar-refractivity contribution < 1.29 is 9.47 Å². The van der Waals surface area contributed by atoms with Gasteiger partial charge in [0.05, 0.1) is 24.1 Å². The molecule has 5 rings (SSSR count). The summed E-state index contributed by atoms with van der Waals surface area (Å²) in [4.78, 5) is 22.3. The number of hydrogen-bond acceptors (Lipinski definition) is 8. The quantitative estimate of drug-likeness (QED) is 0.638. The molecular formula is C22H26N6O2. The third-order valence-electron chi connectivity index (χ3n) is 5.73. The van der Waals surface area contributed by atoms with Crippen molar-refractivity contribution in [3.63, 3.8) is 0 Å². The second-order valence-electron chi connectivity index (χ2n) is 7.89. The summed E-state index contributed by atoms with van der Waals surface area (Å²) in [5, 5.41) is 0.959. The second kappa shape index (κ2) is 8.49. The van der Waals surface area contributed by atoms with E-state index in [1.165, 1.54) is 5.69 Å². The minimum Gasteiger partial charge on any atom is -0.471 e. The molecule has 30 heavy (non-hydrogen) atoms. The first-order valence-electron chi connectivity index (χ1n) is 10.5. The number of ether oxygens (including phenoxy) is 2. The zero-order valence-electron chi connectivity index (χ0n) is 17.2. The maximum absolute atomic E-state index is 6.11. The molecule has 2 fully saturated rings. The molecule has 0 radical (unpaired) electrons. The standard InChI is InChI=1S/C22H26N6O2/c1-16-23-11-17(12-24-16)13-27-5-7-28(8-6-27)18-2-3-21-20(10-18)22(26-15-25-21)30-19-4-9-29-14-19/h2-3,10-12,15,19H,4-9,13-14H2,1H3. The average molecular weight is 406 g/mol. The third-order valence-corrected chi connectivity index (χ3v) is 5.73. The fraction of sp³-hybridized carbons (Fsp3) is 0.455. The summed E-state index contributed by atoms with van der Waals surface area (Å²) >= 11 is 0. The number of nitrogens with zero attached hydrogens (tertiary/aromatic N) is 6. The Morgan fingerprint density at radius 2 is 1.90 bits per heavy atom. The van der Waals surface area contributed by atoms with Crippen molar-refractivity contribution in [3.8, 4) is 5.88 Å². The zero-order chi connectivity index (χ0) is 20.3. The molecule has 0 aliphatic carbocycles. The lowest BCUT2D eigenvalue weighted by Gasteiger charge is -2.36. The summed E-state index contributed by atoms with van der Waals surface area (Å²) in [6.45, 7) is 8.12. The van der Waals surface area contributed by atoms with Crippen LogP contribution in [0.25, 0.3) is 10.9 Å². The van der Waals surface area contributed by atoms with Crippen LogP contribution in [-0.4, -0.2) is 70.3 Å². The molecular weight excluding hydrogens is 380 g/mol. The molecule has 0 amide bonds. The maximum Gasteiger partial charge on any atom is 0.224 e. The third kappa shape index (κ3) is 4.20. The van der Waals surface area contributed by atoms with Gasteiger partial charge in [0.15, 0.2) is 0 Å². The number of hydrogen-bond donors (Lipinski definition) is 0. The van der Waals surface area contributed by atoms with E-state index in [2.05, 4.69) is 47.9 Å². The molecule has 3 aromatic rings.